The summed E-state index contributed by atoms with van der Waals surface area (Å²) in [7, 11) is 1.56. The Hall–Kier alpha value is -4.27. The quantitative estimate of drug-likeness (QED) is 0.586. The predicted octanol–water partition coefficient (Wildman–Crippen LogP) is 2.77. The summed E-state index contributed by atoms with van der Waals surface area (Å²) >= 11 is 0. The molecule has 3 aromatic rings. The van der Waals surface area contributed by atoms with Crippen molar-refractivity contribution in [3.05, 3.63) is 83.8 Å². The topological polar surface area (TPSA) is 114 Å². The van der Waals surface area contributed by atoms with Gasteiger partial charge in [-0.25, -0.2) is 9.97 Å². The van der Waals surface area contributed by atoms with Gasteiger partial charge < -0.3 is 20.3 Å². The second kappa shape index (κ2) is 10.6. The lowest BCUT2D eigenvalue weighted by Gasteiger charge is -2.32. The molecule has 0 saturated carbocycles. The monoisotopic (exact) mass is 459 g/mol. The number of amides is 3. The fourth-order valence-electron chi connectivity index (χ4n) is 3.78. The highest BCUT2D eigenvalue weighted by atomic mass is 16.5. The van der Waals surface area contributed by atoms with Crippen LogP contribution in [0.1, 0.15) is 44.0 Å². The molecule has 1 fully saturated rings. The molecule has 2 aromatic carbocycles. The summed E-state index contributed by atoms with van der Waals surface area (Å²) < 4.78 is 5.20. The van der Waals surface area contributed by atoms with E-state index in [0.29, 0.717) is 42.8 Å². The van der Waals surface area contributed by atoms with Gasteiger partial charge >= 0.3 is 0 Å². The number of piperidine rings is 1. The number of nitrogens with zero attached hydrogens (tertiary/aromatic N) is 3. The molecule has 0 bridgehead atoms. The Morgan fingerprint density at radius 3 is 2.35 bits per heavy atom. The van der Waals surface area contributed by atoms with Crippen molar-refractivity contribution in [3.8, 4) is 5.75 Å². The Labute approximate surface area is 197 Å². The van der Waals surface area contributed by atoms with Crippen LogP contribution in [0.25, 0.3) is 0 Å². The maximum Gasteiger partial charge on any atom is 0.273 e. The number of benzene rings is 2. The Balaban J connectivity index is 1.35. The summed E-state index contributed by atoms with van der Waals surface area (Å²) in [6.45, 7) is 1.03. The van der Waals surface area contributed by atoms with Gasteiger partial charge in [0.2, 0.25) is 0 Å². The Morgan fingerprint density at radius 2 is 1.62 bits per heavy atom. The fourth-order valence-corrected chi connectivity index (χ4v) is 3.78. The van der Waals surface area contributed by atoms with Crippen LogP contribution in [0, 0.1) is 0 Å². The molecule has 0 atom stereocenters. The molecule has 1 aliphatic heterocycles. The molecule has 1 aromatic heterocycles. The molecule has 0 unspecified atom stereocenters. The molecule has 9 nitrogen and oxygen atoms in total. The van der Waals surface area contributed by atoms with Crippen LogP contribution in [0.2, 0.25) is 0 Å². The molecule has 2 heterocycles. The van der Waals surface area contributed by atoms with E-state index in [0.717, 1.165) is 0 Å². The molecule has 34 heavy (non-hydrogen) atoms. The van der Waals surface area contributed by atoms with E-state index < -0.39 is 5.91 Å². The molecule has 0 radical (unpaired) electrons. The van der Waals surface area contributed by atoms with Gasteiger partial charge in [0.05, 0.1) is 7.11 Å². The molecular formula is C25H25N5O4. The van der Waals surface area contributed by atoms with E-state index >= 15 is 0 Å². The molecule has 0 aliphatic carbocycles. The Morgan fingerprint density at radius 1 is 0.912 bits per heavy atom. The molecule has 1 aliphatic rings. The van der Waals surface area contributed by atoms with Crippen molar-refractivity contribution in [2.45, 2.75) is 18.9 Å². The first-order valence-corrected chi connectivity index (χ1v) is 11.0. The number of likely N-dealkylation sites (tertiary alicyclic amines) is 1. The lowest BCUT2D eigenvalue weighted by atomic mass is 10.0. The van der Waals surface area contributed by atoms with Crippen LogP contribution < -0.4 is 15.4 Å². The third kappa shape index (κ3) is 5.37. The first-order valence-electron chi connectivity index (χ1n) is 11.0. The number of nitrogens with one attached hydrogen (secondary N) is 2. The normalized spacial score (nSPS) is 13.7. The highest BCUT2D eigenvalue weighted by Crippen LogP contribution is 2.19. The van der Waals surface area contributed by atoms with E-state index in [1.54, 1.807) is 60.5 Å². The Bertz CT molecular complexity index is 1180. The lowest BCUT2D eigenvalue weighted by molar-refractivity contribution is 0.0697. The minimum atomic E-state index is -0.422. The zero-order chi connectivity index (χ0) is 23.9. The van der Waals surface area contributed by atoms with Crippen LogP contribution in [-0.2, 0) is 0 Å². The van der Waals surface area contributed by atoms with Crippen molar-refractivity contribution in [1.29, 1.82) is 0 Å². The van der Waals surface area contributed by atoms with Crippen molar-refractivity contribution in [2.75, 3.05) is 25.5 Å². The number of ether oxygens (including phenoxy) is 1. The van der Waals surface area contributed by atoms with Gasteiger partial charge in [-0.05, 0) is 43.2 Å². The average molecular weight is 460 g/mol. The summed E-state index contributed by atoms with van der Waals surface area (Å²) in [6.07, 6.45) is 4.03. The van der Waals surface area contributed by atoms with Gasteiger partial charge in [0, 0.05) is 42.7 Å². The van der Waals surface area contributed by atoms with Gasteiger partial charge in [-0.1, -0.05) is 24.3 Å². The molecule has 2 N–H and O–H groups in total. The van der Waals surface area contributed by atoms with Crippen LogP contribution in [0.5, 0.6) is 5.75 Å². The molecule has 3 amide bonds. The van der Waals surface area contributed by atoms with Crippen molar-refractivity contribution in [1.82, 2.24) is 20.2 Å². The van der Waals surface area contributed by atoms with E-state index in [2.05, 4.69) is 20.6 Å². The molecule has 4 rings (SSSR count). The smallest absolute Gasteiger partial charge is 0.273 e. The third-order valence-corrected chi connectivity index (χ3v) is 5.62. The number of hydrogen-bond donors (Lipinski definition) is 2. The molecular weight excluding hydrogens is 434 g/mol. The second-order valence-corrected chi connectivity index (χ2v) is 7.85. The number of rotatable bonds is 6. The largest absolute Gasteiger partial charge is 0.497 e. The predicted molar refractivity (Wildman–Crippen MR) is 126 cm³/mol. The van der Waals surface area contributed by atoms with Gasteiger partial charge in [0.25, 0.3) is 17.7 Å². The van der Waals surface area contributed by atoms with Crippen LogP contribution in [0.3, 0.4) is 0 Å². The van der Waals surface area contributed by atoms with E-state index in [-0.39, 0.29) is 29.4 Å². The third-order valence-electron chi connectivity index (χ3n) is 5.62. The van der Waals surface area contributed by atoms with E-state index in [4.69, 9.17) is 4.74 Å². The van der Waals surface area contributed by atoms with Gasteiger partial charge in [0.1, 0.15) is 5.75 Å². The van der Waals surface area contributed by atoms with Gasteiger partial charge in [-0.2, -0.15) is 0 Å². The van der Waals surface area contributed by atoms with Crippen molar-refractivity contribution in [2.24, 2.45) is 0 Å². The molecule has 0 spiro atoms. The lowest BCUT2D eigenvalue weighted by Crippen LogP contribution is -2.46. The number of carbonyl (C=O) groups excluding carboxylic acids is 3. The Kier molecular flexibility index (Phi) is 7.12. The van der Waals surface area contributed by atoms with Gasteiger partial charge in [-0.3, -0.25) is 14.4 Å². The second-order valence-electron chi connectivity index (χ2n) is 7.85. The van der Waals surface area contributed by atoms with Crippen LogP contribution in [-0.4, -0.2) is 58.8 Å². The summed E-state index contributed by atoms with van der Waals surface area (Å²) in [6, 6.07) is 15.6. The van der Waals surface area contributed by atoms with E-state index in [1.807, 2.05) is 6.07 Å². The highest BCUT2D eigenvalue weighted by molar-refractivity contribution is 6.07. The van der Waals surface area contributed by atoms with Gasteiger partial charge in [-0.15, -0.1) is 0 Å². The number of methoxy groups -OCH3 is 1. The zero-order valence-electron chi connectivity index (χ0n) is 18.7. The minimum Gasteiger partial charge on any atom is -0.497 e. The van der Waals surface area contributed by atoms with Crippen molar-refractivity contribution in [3.63, 3.8) is 0 Å². The van der Waals surface area contributed by atoms with Gasteiger partial charge in [0.15, 0.2) is 11.5 Å². The average Bonchev–Trinajstić information content (AvgIpc) is 2.89. The maximum atomic E-state index is 12.9. The van der Waals surface area contributed by atoms with Crippen molar-refractivity contribution < 1.29 is 19.1 Å². The van der Waals surface area contributed by atoms with Crippen molar-refractivity contribution >= 4 is 23.5 Å². The summed E-state index contributed by atoms with van der Waals surface area (Å²) in [4.78, 5) is 48.2. The molecule has 174 valence electrons. The van der Waals surface area contributed by atoms with Crippen LogP contribution >= 0.6 is 0 Å². The minimum absolute atomic E-state index is 0.0432. The summed E-state index contributed by atoms with van der Waals surface area (Å²) in [5, 5.41) is 5.61. The summed E-state index contributed by atoms with van der Waals surface area (Å²) in [5.41, 5.74) is 1.06. The number of aromatic nitrogens is 2. The first kappa shape index (κ1) is 22.9. The van der Waals surface area contributed by atoms with E-state index in [9.17, 15) is 14.4 Å². The first-order chi connectivity index (χ1) is 16.5. The maximum absolute atomic E-state index is 12.9. The zero-order valence-corrected chi connectivity index (χ0v) is 18.7. The highest BCUT2D eigenvalue weighted by Gasteiger charge is 2.26. The number of carbonyl (C=O) groups is 3. The van der Waals surface area contributed by atoms with Crippen LogP contribution in [0.15, 0.2) is 67.0 Å². The molecule has 9 heteroatoms. The number of hydrogen-bond acceptors (Lipinski definition) is 6. The van der Waals surface area contributed by atoms with E-state index in [1.165, 1.54) is 12.4 Å². The standard InChI is InChI=1S/C25H25N5O4/c1-34-20-9-5-8-18(16-20)25(33)30-14-10-19(11-15-30)28-24(32)21-22(27-13-12-26-21)29-23(31)17-6-3-2-4-7-17/h2-9,12-13,16,19H,10-11,14-15H2,1H3,(H,28,32)(H,27,29,31). The fraction of sp³-hybridized carbons (Fsp3) is 0.240. The summed E-state index contributed by atoms with van der Waals surface area (Å²) in [5.74, 6) is -0.135. The number of anilines is 1. The molecule has 1 saturated heterocycles. The SMILES string of the molecule is COc1cccc(C(=O)N2CCC(NC(=O)c3nccnc3NC(=O)c3ccccc3)CC2)c1. The van der Waals surface area contributed by atoms with Crippen LogP contribution in [0.4, 0.5) is 5.82 Å².